The van der Waals surface area contributed by atoms with Gasteiger partial charge in [0.1, 0.15) is 11.3 Å². The highest BCUT2D eigenvalue weighted by Gasteiger charge is 2.31. The zero-order valence-corrected chi connectivity index (χ0v) is 11.3. The Morgan fingerprint density at radius 1 is 1.65 bits per heavy atom. The smallest absolute Gasteiger partial charge is 0.323 e. The minimum atomic E-state index is -0.848. The molecule has 0 spiro atoms. The molecule has 2 N–H and O–H groups in total. The number of aryl methyl sites for hydroxylation is 1. The molecule has 96 valence electrons. The number of aliphatic carboxylic acids is 1. The minimum absolute atomic E-state index is 0.575. The summed E-state index contributed by atoms with van der Waals surface area (Å²) in [5.41, 5.74) is -0.848. The van der Waals surface area contributed by atoms with E-state index >= 15 is 0 Å². The Bertz CT molecular complexity index is 378. The van der Waals surface area contributed by atoms with Crippen LogP contribution in [0.25, 0.3) is 0 Å². The van der Waals surface area contributed by atoms with E-state index in [2.05, 4.69) is 5.32 Å². The summed E-state index contributed by atoms with van der Waals surface area (Å²) >= 11 is 1.63. The van der Waals surface area contributed by atoms with Crippen molar-refractivity contribution in [1.29, 1.82) is 0 Å². The van der Waals surface area contributed by atoms with E-state index in [1.165, 1.54) is 0 Å². The summed E-state index contributed by atoms with van der Waals surface area (Å²) in [5.74, 6) is 0.829. The summed E-state index contributed by atoms with van der Waals surface area (Å²) in [4.78, 5) is 12.3. The molecule has 0 bridgehead atoms. The van der Waals surface area contributed by atoms with E-state index in [4.69, 9.17) is 4.42 Å². The molecule has 1 unspecified atom stereocenters. The quantitative estimate of drug-likeness (QED) is 0.735. The fraction of sp³-hybridized carbons (Fsp3) is 0.583. The molecule has 5 heteroatoms. The fourth-order valence-electron chi connectivity index (χ4n) is 1.55. The van der Waals surface area contributed by atoms with Crippen molar-refractivity contribution in [1.82, 2.24) is 5.32 Å². The SMILES string of the molecule is CCNC(C)(CCSc1ccoc1C)C(=O)O. The molecular formula is C12H19NO3S. The molecule has 0 fully saturated rings. The highest BCUT2D eigenvalue weighted by molar-refractivity contribution is 7.99. The van der Waals surface area contributed by atoms with Crippen molar-refractivity contribution in [2.75, 3.05) is 12.3 Å². The van der Waals surface area contributed by atoms with Crippen LogP contribution in [0, 0.1) is 6.92 Å². The van der Waals surface area contributed by atoms with Crippen LogP contribution in [-0.2, 0) is 4.79 Å². The van der Waals surface area contributed by atoms with Gasteiger partial charge >= 0.3 is 5.97 Å². The number of likely N-dealkylation sites (N-methyl/N-ethyl adjacent to an activating group) is 1. The Kier molecular flexibility index (Phi) is 5.08. The number of rotatable bonds is 7. The predicted octanol–water partition coefficient (Wildman–Crippen LogP) is 2.52. The second kappa shape index (κ2) is 6.12. The van der Waals surface area contributed by atoms with Gasteiger partial charge in [0, 0.05) is 10.6 Å². The van der Waals surface area contributed by atoms with Crippen LogP contribution < -0.4 is 5.32 Å². The van der Waals surface area contributed by atoms with Crippen molar-refractivity contribution >= 4 is 17.7 Å². The van der Waals surface area contributed by atoms with Gasteiger partial charge in [-0.15, -0.1) is 11.8 Å². The van der Waals surface area contributed by atoms with Crippen molar-refractivity contribution in [2.24, 2.45) is 0 Å². The fourth-order valence-corrected chi connectivity index (χ4v) is 2.68. The topological polar surface area (TPSA) is 62.5 Å². The highest BCUT2D eigenvalue weighted by Crippen LogP contribution is 2.25. The molecule has 0 aliphatic heterocycles. The number of carboxylic acid groups (broad SMARTS) is 1. The molecule has 0 aliphatic rings. The number of carbonyl (C=O) groups is 1. The molecule has 1 aromatic heterocycles. The zero-order chi connectivity index (χ0) is 12.9. The lowest BCUT2D eigenvalue weighted by molar-refractivity contribution is -0.144. The van der Waals surface area contributed by atoms with Crippen molar-refractivity contribution < 1.29 is 14.3 Å². The monoisotopic (exact) mass is 257 g/mol. The molecule has 0 aliphatic carbocycles. The van der Waals surface area contributed by atoms with Crippen molar-refractivity contribution in [3.63, 3.8) is 0 Å². The van der Waals surface area contributed by atoms with Crippen molar-refractivity contribution in [3.8, 4) is 0 Å². The maximum atomic E-state index is 11.2. The van der Waals surface area contributed by atoms with Crippen LogP contribution in [0.1, 0.15) is 26.0 Å². The largest absolute Gasteiger partial charge is 0.480 e. The molecule has 0 aromatic carbocycles. The molecule has 0 saturated heterocycles. The summed E-state index contributed by atoms with van der Waals surface area (Å²) in [6.45, 7) is 6.19. The molecule has 1 heterocycles. The van der Waals surface area contributed by atoms with Crippen LogP contribution in [0.4, 0.5) is 0 Å². The highest BCUT2D eigenvalue weighted by atomic mass is 32.2. The van der Waals surface area contributed by atoms with E-state index in [1.54, 1.807) is 24.9 Å². The third-order valence-corrected chi connectivity index (χ3v) is 3.85. The average Bonchev–Trinajstić information content (AvgIpc) is 2.65. The van der Waals surface area contributed by atoms with E-state index in [9.17, 15) is 9.90 Å². The zero-order valence-electron chi connectivity index (χ0n) is 10.4. The van der Waals surface area contributed by atoms with Crippen LogP contribution in [0.15, 0.2) is 21.6 Å². The van der Waals surface area contributed by atoms with Gasteiger partial charge in [-0.3, -0.25) is 4.79 Å². The third-order valence-electron chi connectivity index (χ3n) is 2.71. The summed E-state index contributed by atoms with van der Waals surface area (Å²) in [6, 6.07) is 1.91. The number of thioether (sulfide) groups is 1. The summed E-state index contributed by atoms with van der Waals surface area (Å²) < 4.78 is 5.19. The maximum Gasteiger partial charge on any atom is 0.323 e. The first-order valence-corrected chi connectivity index (χ1v) is 6.63. The first-order valence-electron chi connectivity index (χ1n) is 5.65. The lowest BCUT2D eigenvalue weighted by atomic mass is 9.99. The van der Waals surface area contributed by atoms with Gasteiger partial charge in [0.05, 0.1) is 6.26 Å². The molecule has 1 rings (SSSR count). The van der Waals surface area contributed by atoms with Crippen molar-refractivity contribution in [2.45, 2.75) is 37.6 Å². The molecule has 0 amide bonds. The Labute approximate surface area is 106 Å². The van der Waals surface area contributed by atoms with Gasteiger partial charge in [-0.1, -0.05) is 6.92 Å². The molecule has 17 heavy (non-hydrogen) atoms. The van der Waals surface area contributed by atoms with Gasteiger partial charge in [0.15, 0.2) is 0 Å². The van der Waals surface area contributed by atoms with Gasteiger partial charge in [0.2, 0.25) is 0 Å². The van der Waals surface area contributed by atoms with Crippen LogP contribution >= 0.6 is 11.8 Å². The van der Waals surface area contributed by atoms with Crippen LogP contribution in [-0.4, -0.2) is 28.9 Å². The van der Waals surface area contributed by atoms with E-state index in [-0.39, 0.29) is 0 Å². The van der Waals surface area contributed by atoms with E-state index in [0.717, 1.165) is 16.4 Å². The number of hydrogen-bond acceptors (Lipinski definition) is 4. The Morgan fingerprint density at radius 3 is 2.82 bits per heavy atom. The van der Waals surface area contributed by atoms with Gasteiger partial charge < -0.3 is 14.8 Å². The minimum Gasteiger partial charge on any atom is -0.480 e. The van der Waals surface area contributed by atoms with Gasteiger partial charge in [-0.2, -0.15) is 0 Å². The Morgan fingerprint density at radius 2 is 2.35 bits per heavy atom. The first kappa shape index (κ1) is 14.1. The number of nitrogens with one attached hydrogen (secondary N) is 1. The second-order valence-corrected chi connectivity index (χ2v) is 5.24. The molecular weight excluding hydrogens is 238 g/mol. The predicted molar refractivity (Wildman–Crippen MR) is 68.5 cm³/mol. The average molecular weight is 257 g/mol. The molecule has 4 nitrogen and oxygen atoms in total. The lowest BCUT2D eigenvalue weighted by Crippen LogP contribution is -2.49. The van der Waals surface area contributed by atoms with Crippen LogP contribution in [0.3, 0.4) is 0 Å². The normalized spacial score (nSPS) is 14.5. The first-order chi connectivity index (χ1) is 7.99. The van der Waals surface area contributed by atoms with E-state index in [1.807, 2.05) is 19.9 Å². The van der Waals surface area contributed by atoms with Gasteiger partial charge in [-0.05, 0) is 32.9 Å². The van der Waals surface area contributed by atoms with Crippen LogP contribution in [0.2, 0.25) is 0 Å². The number of furan rings is 1. The van der Waals surface area contributed by atoms with Crippen LogP contribution in [0.5, 0.6) is 0 Å². The van der Waals surface area contributed by atoms with Gasteiger partial charge in [-0.25, -0.2) is 0 Å². The third kappa shape index (κ3) is 3.78. The second-order valence-electron chi connectivity index (χ2n) is 4.11. The van der Waals surface area contributed by atoms with Gasteiger partial charge in [0.25, 0.3) is 0 Å². The summed E-state index contributed by atoms with van der Waals surface area (Å²) in [6.07, 6.45) is 2.23. The molecule has 1 atom stereocenters. The standard InChI is InChI=1S/C12H19NO3S/c1-4-13-12(3,11(14)15)6-8-17-10-5-7-16-9(10)2/h5,7,13H,4,6,8H2,1-3H3,(H,14,15). The molecule has 1 aromatic rings. The van der Waals surface area contributed by atoms with E-state index < -0.39 is 11.5 Å². The molecule has 0 saturated carbocycles. The lowest BCUT2D eigenvalue weighted by Gasteiger charge is -2.25. The summed E-state index contributed by atoms with van der Waals surface area (Å²) in [5, 5.41) is 12.2. The Hall–Kier alpha value is -0.940. The number of carboxylic acids is 1. The Balaban J connectivity index is 2.48. The van der Waals surface area contributed by atoms with Crippen molar-refractivity contribution in [3.05, 3.63) is 18.1 Å². The molecule has 0 radical (unpaired) electrons. The summed E-state index contributed by atoms with van der Waals surface area (Å²) in [7, 11) is 0. The van der Waals surface area contributed by atoms with E-state index in [0.29, 0.717) is 13.0 Å². The number of hydrogen-bond donors (Lipinski definition) is 2. The maximum absolute atomic E-state index is 11.2.